The van der Waals surface area contributed by atoms with Crippen LogP contribution in [0.15, 0.2) is 16.7 Å². The number of hydrogen-bond acceptors (Lipinski definition) is 2. The lowest BCUT2D eigenvalue weighted by Gasteiger charge is -2.09. The molecule has 1 aromatic heterocycles. The number of imidazole rings is 1. The quantitative estimate of drug-likeness (QED) is 0.828. The van der Waals surface area contributed by atoms with Gasteiger partial charge >= 0.3 is 0 Å². The zero-order chi connectivity index (χ0) is 13.4. The van der Waals surface area contributed by atoms with Gasteiger partial charge in [0.15, 0.2) is 0 Å². The Balaban J connectivity index is 2.70. The van der Waals surface area contributed by atoms with E-state index in [4.69, 9.17) is 16.3 Å². The van der Waals surface area contributed by atoms with Gasteiger partial charge in [0, 0.05) is 17.6 Å². The molecule has 0 saturated carbocycles. The van der Waals surface area contributed by atoms with Crippen molar-refractivity contribution in [1.82, 2.24) is 9.55 Å². The number of nitrogens with zero attached hydrogens (tertiary/aromatic N) is 2. The van der Waals surface area contributed by atoms with Gasteiger partial charge in [-0.15, -0.1) is 0 Å². The van der Waals surface area contributed by atoms with Crippen LogP contribution in [-0.4, -0.2) is 16.7 Å². The minimum absolute atomic E-state index is 0.709. The van der Waals surface area contributed by atoms with Crippen molar-refractivity contribution in [1.29, 1.82) is 0 Å². The summed E-state index contributed by atoms with van der Waals surface area (Å²) in [6.07, 6.45) is 0. The van der Waals surface area contributed by atoms with E-state index in [-0.39, 0.29) is 0 Å². The molecule has 18 heavy (non-hydrogen) atoms. The molecule has 0 aliphatic rings. The van der Waals surface area contributed by atoms with Gasteiger partial charge in [-0.1, -0.05) is 11.6 Å². The molecule has 2 aromatic rings. The number of aryl methyl sites for hydroxylation is 2. The maximum atomic E-state index is 6.19. The first-order chi connectivity index (χ1) is 8.45. The van der Waals surface area contributed by atoms with Crippen LogP contribution in [0.4, 0.5) is 0 Å². The van der Waals surface area contributed by atoms with Crippen LogP contribution in [0.1, 0.15) is 11.4 Å². The number of hydrogen-bond donors (Lipinski definition) is 0. The van der Waals surface area contributed by atoms with Gasteiger partial charge in [-0.2, -0.15) is 0 Å². The van der Waals surface area contributed by atoms with E-state index in [0.717, 1.165) is 33.0 Å². The Kier molecular flexibility index (Phi) is 3.69. The maximum Gasteiger partial charge on any atom is 0.128 e. The number of benzene rings is 1. The van der Waals surface area contributed by atoms with E-state index in [1.54, 1.807) is 7.11 Å². The first-order valence-electron chi connectivity index (χ1n) is 5.49. The predicted molar refractivity (Wildman–Crippen MR) is 77.4 cm³/mol. The Hall–Kier alpha value is -1.00. The van der Waals surface area contributed by atoms with Crippen LogP contribution in [-0.2, 0) is 7.05 Å². The second-order valence-corrected chi connectivity index (χ2v) is 5.32. The van der Waals surface area contributed by atoms with Crippen LogP contribution in [0.2, 0.25) is 5.02 Å². The summed E-state index contributed by atoms with van der Waals surface area (Å²) in [5, 5.41) is 0.709. The van der Waals surface area contributed by atoms with Crippen LogP contribution in [0.5, 0.6) is 5.75 Å². The monoisotopic (exact) mass is 328 g/mol. The highest BCUT2D eigenvalue weighted by atomic mass is 79.9. The molecule has 1 aromatic carbocycles. The Morgan fingerprint density at radius 1 is 1.33 bits per heavy atom. The molecule has 0 amide bonds. The fourth-order valence-corrected chi connectivity index (χ4v) is 2.49. The third-order valence-corrected chi connectivity index (χ3v) is 4.30. The summed E-state index contributed by atoms with van der Waals surface area (Å²) in [5.74, 6) is 1.70. The Morgan fingerprint density at radius 3 is 2.50 bits per heavy atom. The standard InChI is InChI=1S/C13H14BrClN2O/c1-7-5-11(18-4)9(6-10(7)15)12-13(14)17(3)8(2)16-12/h5-6H,1-4H3. The van der Waals surface area contributed by atoms with Crippen LogP contribution in [0, 0.1) is 13.8 Å². The lowest BCUT2D eigenvalue weighted by Crippen LogP contribution is -1.92. The first kappa shape index (κ1) is 13.4. The number of methoxy groups -OCH3 is 1. The largest absolute Gasteiger partial charge is 0.496 e. The van der Waals surface area contributed by atoms with Crippen molar-refractivity contribution < 1.29 is 4.74 Å². The molecule has 0 saturated heterocycles. The molecular formula is C13H14BrClN2O. The third kappa shape index (κ3) is 2.15. The summed E-state index contributed by atoms with van der Waals surface area (Å²) < 4.78 is 8.30. The second-order valence-electron chi connectivity index (χ2n) is 4.16. The highest BCUT2D eigenvalue weighted by Gasteiger charge is 2.17. The van der Waals surface area contributed by atoms with E-state index in [2.05, 4.69) is 20.9 Å². The van der Waals surface area contributed by atoms with Crippen molar-refractivity contribution in [2.24, 2.45) is 7.05 Å². The summed E-state index contributed by atoms with van der Waals surface area (Å²) in [7, 11) is 3.61. The normalized spacial score (nSPS) is 10.8. The minimum atomic E-state index is 0.709. The maximum absolute atomic E-state index is 6.19. The van der Waals surface area contributed by atoms with Crippen molar-refractivity contribution in [2.45, 2.75) is 13.8 Å². The van der Waals surface area contributed by atoms with Gasteiger partial charge in [0.05, 0.1) is 7.11 Å². The summed E-state index contributed by atoms with van der Waals surface area (Å²) in [6, 6.07) is 3.82. The van der Waals surface area contributed by atoms with Crippen LogP contribution < -0.4 is 4.74 Å². The zero-order valence-corrected chi connectivity index (χ0v) is 13.1. The molecule has 0 unspecified atom stereocenters. The fourth-order valence-electron chi connectivity index (χ4n) is 1.76. The first-order valence-corrected chi connectivity index (χ1v) is 6.66. The molecule has 0 atom stereocenters. The lowest BCUT2D eigenvalue weighted by atomic mass is 10.1. The molecular weight excluding hydrogens is 316 g/mol. The molecule has 0 radical (unpaired) electrons. The third-order valence-electron chi connectivity index (χ3n) is 2.98. The zero-order valence-electron chi connectivity index (χ0n) is 10.7. The number of halogens is 2. The Morgan fingerprint density at radius 2 is 2.00 bits per heavy atom. The molecule has 0 fully saturated rings. The minimum Gasteiger partial charge on any atom is -0.496 e. The predicted octanol–water partition coefficient (Wildman–Crippen LogP) is 4.13. The van der Waals surface area contributed by atoms with E-state index in [1.807, 2.05) is 37.6 Å². The van der Waals surface area contributed by atoms with E-state index in [1.165, 1.54) is 0 Å². The summed E-state index contributed by atoms with van der Waals surface area (Å²) in [6.45, 7) is 3.91. The molecule has 3 nitrogen and oxygen atoms in total. The average molecular weight is 330 g/mol. The molecule has 0 N–H and O–H groups in total. The number of rotatable bonds is 2. The van der Waals surface area contributed by atoms with Crippen molar-refractivity contribution in [3.63, 3.8) is 0 Å². The Bertz CT molecular complexity index is 608. The van der Waals surface area contributed by atoms with E-state index in [0.29, 0.717) is 5.02 Å². The summed E-state index contributed by atoms with van der Waals surface area (Å²) in [4.78, 5) is 4.54. The molecule has 0 bridgehead atoms. The van der Waals surface area contributed by atoms with Gasteiger partial charge in [0.25, 0.3) is 0 Å². The molecule has 5 heteroatoms. The highest BCUT2D eigenvalue weighted by molar-refractivity contribution is 9.10. The SMILES string of the molecule is COc1cc(C)c(Cl)cc1-c1nc(C)n(C)c1Br. The van der Waals surface area contributed by atoms with Crippen molar-refractivity contribution in [3.05, 3.63) is 33.1 Å². The number of aromatic nitrogens is 2. The highest BCUT2D eigenvalue weighted by Crippen LogP contribution is 2.37. The van der Waals surface area contributed by atoms with Crippen LogP contribution in [0.3, 0.4) is 0 Å². The van der Waals surface area contributed by atoms with E-state index < -0.39 is 0 Å². The Labute approximate surface area is 120 Å². The molecule has 96 valence electrons. The fraction of sp³-hybridized carbons (Fsp3) is 0.308. The summed E-state index contributed by atoms with van der Waals surface area (Å²) >= 11 is 9.73. The summed E-state index contributed by atoms with van der Waals surface area (Å²) in [5.41, 5.74) is 2.72. The van der Waals surface area contributed by atoms with Crippen molar-refractivity contribution in [2.75, 3.05) is 7.11 Å². The number of ether oxygens (including phenoxy) is 1. The van der Waals surface area contributed by atoms with Gasteiger partial charge < -0.3 is 9.30 Å². The smallest absolute Gasteiger partial charge is 0.128 e. The van der Waals surface area contributed by atoms with Crippen molar-refractivity contribution in [3.8, 4) is 17.0 Å². The average Bonchev–Trinajstić information content (AvgIpc) is 2.60. The van der Waals surface area contributed by atoms with Gasteiger partial charge in [0.2, 0.25) is 0 Å². The topological polar surface area (TPSA) is 27.1 Å². The van der Waals surface area contributed by atoms with Crippen LogP contribution in [0.25, 0.3) is 11.3 Å². The molecule has 2 rings (SSSR count). The molecule has 0 spiro atoms. The lowest BCUT2D eigenvalue weighted by molar-refractivity contribution is 0.416. The van der Waals surface area contributed by atoms with Gasteiger partial charge in [0.1, 0.15) is 21.9 Å². The van der Waals surface area contributed by atoms with Gasteiger partial charge in [-0.3, -0.25) is 0 Å². The molecule has 0 aliphatic carbocycles. The van der Waals surface area contributed by atoms with Crippen molar-refractivity contribution >= 4 is 27.5 Å². The van der Waals surface area contributed by atoms with E-state index >= 15 is 0 Å². The van der Waals surface area contributed by atoms with E-state index in [9.17, 15) is 0 Å². The molecule has 0 aliphatic heterocycles. The van der Waals surface area contributed by atoms with Gasteiger partial charge in [-0.05, 0) is 47.5 Å². The van der Waals surface area contributed by atoms with Gasteiger partial charge in [-0.25, -0.2) is 4.98 Å². The molecule has 1 heterocycles. The van der Waals surface area contributed by atoms with Crippen LogP contribution >= 0.6 is 27.5 Å². The second kappa shape index (κ2) is 4.94.